The number of piperidine rings is 1. The number of likely N-dealkylation sites (N-methyl/N-ethyl adjacent to an activating group) is 2. The maximum Gasteiger partial charge on any atom is 0.326 e. The number of likely N-dealkylation sites (tertiary alicyclic amines) is 1. The first-order valence-electron chi connectivity index (χ1n) is 19.3. The number of halogens is 1. The van der Waals surface area contributed by atoms with Crippen LogP contribution >= 0.6 is 11.6 Å². The zero-order valence-electron chi connectivity index (χ0n) is 33.9. The largest absolute Gasteiger partial charge is 0.480 e. The number of nitrogens with one attached hydrogen (secondary N) is 3. The number of carbonyl (C=O) groups excluding carboxylic acids is 4. The molecule has 0 unspecified atom stereocenters. The van der Waals surface area contributed by atoms with Gasteiger partial charge in [0, 0.05) is 38.8 Å². The molecule has 54 heavy (non-hydrogen) atoms. The number of methoxy groups -OCH3 is 2. The summed E-state index contributed by atoms with van der Waals surface area (Å²) in [5.41, 5.74) is 0.601. The monoisotopic (exact) mass is 777 g/mol. The van der Waals surface area contributed by atoms with Gasteiger partial charge in [-0.05, 0) is 55.2 Å². The lowest BCUT2D eigenvalue weighted by atomic mass is 9.89. The maximum atomic E-state index is 14.4. The zero-order valence-corrected chi connectivity index (χ0v) is 34.7. The summed E-state index contributed by atoms with van der Waals surface area (Å²) in [6, 6.07) is 3.54. The van der Waals surface area contributed by atoms with Crippen molar-refractivity contribution in [2.45, 2.75) is 129 Å². The third-order valence-corrected chi connectivity index (χ3v) is 11.9. The van der Waals surface area contributed by atoms with Crippen LogP contribution in [0.25, 0.3) is 0 Å². The van der Waals surface area contributed by atoms with E-state index in [1.165, 1.54) is 7.11 Å². The summed E-state index contributed by atoms with van der Waals surface area (Å²) in [5.74, 6) is -3.09. The minimum atomic E-state index is -1.21. The van der Waals surface area contributed by atoms with Gasteiger partial charge in [-0.15, -0.1) is 0 Å². The second kappa shape index (κ2) is 20.1. The Balaban J connectivity index is 1.81. The Morgan fingerprint density at radius 2 is 1.57 bits per heavy atom. The smallest absolute Gasteiger partial charge is 0.326 e. The summed E-state index contributed by atoms with van der Waals surface area (Å²) >= 11 is 6.28. The molecule has 1 aromatic carbocycles. The van der Waals surface area contributed by atoms with Crippen molar-refractivity contribution < 1.29 is 38.6 Å². The van der Waals surface area contributed by atoms with E-state index >= 15 is 0 Å². The van der Waals surface area contributed by atoms with Crippen LogP contribution in [0, 0.1) is 29.6 Å². The number of benzene rings is 1. The van der Waals surface area contributed by atoms with Gasteiger partial charge in [0.25, 0.3) is 0 Å². The van der Waals surface area contributed by atoms with E-state index in [0.717, 1.165) is 6.42 Å². The Morgan fingerprint density at radius 3 is 2.09 bits per heavy atom. The van der Waals surface area contributed by atoms with Crippen molar-refractivity contribution in [2.24, 2.45) is 29.6 Å². The van der Waals surface area contributed by atoms with E-state index in [2.05, 4.69) is 16.0 Å². The summed E-state index contributed by atoms with van der Waals surface area (Å²) in [6.07, 6.45) is 0.859. The molecular weight excluding hydrogens is 714 g/mol. The predicted molar refractivity (Wildman–Crippen MR) is 208 cm³/mol. The Morgan fingerprint density at radius 1 is 0.944 bits per heavy atom. The normalized spacial score (nSPS) is 22.3. The summed E-state index contributed by atoms with van der Waals surface area (Å²) in [7, 11) is 6.48. The zero-order chi connectivity index (χ0) is 40.6. The van der Waals surface area contributed by atoms with Gasteiger partial charge in [-0.3, -0.25) is 19.2 Å². The van der Waals surface area contributed by atoms with E-state index in [0.29, 0.717) is 23.4 Å². The van der Waals surface area contributed by atoms with Gasteiger partial charge in [0.15, 0.2) is 0 Å². The van der Waals surface area contributed by atoms with Gasteiger partial charge in [0.1, 0.15) is 12.1 Å². The highest BCUT2D eigenvalue weighted by Gasteiger charge is 2.57. The number of amides is 4. The number of nitrogens with zero attached hydrogens (tertiary/aromatic N) is 2. The molecule has 14 heteroatoms. The maximum absolute atomic E-state index is 14.4. The van der Waals surface area contributed by atoms with Gasteiger partial charge in [-0.1, -0.05) is 84.7 Å². The molecular formula is C40H64ClN5O8. The number of fused-ring (bicyclic) bond motifs is 1. The lowest BCUT2D eigenvalue weighted by molar-refractivity contribution is -0.149. The van der Waals surface area contributed by atoms with E-state index in [-0.39, 0.29) is 60.3 Å². The van der Waals surface area contributed by atoms with E-state index < -0.39 is 60.2 Å². The SMILES string of the molecule is CC[C@H](C)[C@@H]([C@@H](CC(=O)N1[C@H]2C[C@H]2C[C@H]1[C@H](OC)[C@@H](C)C(=O)N[C@@H](Cc1ccccc1Cl)C(=O)O)OC)N(C)C(=O)[C@@H](NC(=O)[C@@H](NC)C(C)C)C(C)C. The van der Waals surface area contributed by atoms with Crippen LogP contribution in [0.3, 0.4) is 0 Å². The molecule has 2 fully saturated rings. The average molecular weight is 778 g/mol. The summed E-state index contributed by atoms with van der Waals surface area (Å²) in [5, 5.41) is 19.1. The first-order valence-corrected chi connectivity index (χ1v) is 19.7. The molecule has 1 heterocycles. The number of ether oxygens (including phenoxy) is 2. The van der Waals surface area contributed by atoms with Crippen molar-refractivity contribution in [1.29, 1.82) is 0 Å². The van der Waals surface area contributed by atoms with Crippen molar-refractivity contribution in [3.8, 4) is 0 Å². The Hall–Kier alpha value is -3.26. The lowest BCUT2D eigenvalue weighted by Gasteiger charge is -2.41. The molecule has 304 valence electrons. The van der Waals surface area contributed by atoms with Gasteiger partial charge < -0.3 is 40.3 Å². The topological polar surface area (TPSA) is 167 Å². The Labute approximate surface area is 326 Å². The van der Waals surface area contributed by atoms with E-state index in [9.17, 15) is 29.1 Å². The summed E-state index contributed by atoms with van der Waals surface area (Å²) in [4.78, 5) is 71.0. The number of hydrogen-bond donors (Lipinski definition) is 4. The van der Waals surface area contributed by atoms with E-state index in [4.69, 9.17) is 21.1 Å². The minimum absolute atomic E-state index is 0.00271. The standard InChI is InChI=1S/C40H64ClN5O8/c1-12-23(6)35(45(9)39(50)34(22(4)5)44-38(49)33(42-8)21(2)3)31(53-10)20-32(47)46-29-18-26(29)19-30(46)36(54-11)24(7)37(48)43-28(40(51)52)17-25-15-13-14-16-27(25)41/h13-16,21-24,26,28-31,33-36,42H,12,17-20H2,1-11H3,(H,43,48)(H,44,49)(H,51,52)/t23-,24+,26-,28-,29-,30-,31+,33-,34-,35-,36+/m0/s1. The van der Waals surface area contributed by atoms with Gasteiger partial charge in [0.2, 0.25) is 23.6 Å². The lowest BCUT2D eigenvalue weighted by Crippen LogP contribution is -2.59. The van der Waals surface area contributed by atoms with Gasteiger partial charge in [-0.2, -0.15) is 0 Å². The number of aliphatic carboxylic acids is 1. The number of carboxylic acid groups (broad SMARTS) is 1. The molecule has 0 spiro atoms. The molecule has 4 amide bonds. The van der Waals surface area contributed by atoms with Crippen LogP contribution in [0.15, 0.2) is 24.3 Å². The molecule has 0 radical (unpaired) electrons. The first kappa shape index (κ1) is 45.1. The third-order valence-electron chi connectivity index (χ3n) is 11.6. The van der Waals surface area contributed by atoms with E-state index in [1.807, 2.05) is 46.4 Å². The van der Waals surface area contributed by atoms with Crippen molar-refractivity contribution in [3.63, 3.8) is 0 Å². The molecule has 4 N–H and O–H groups in total. The fourth-order valence-corrected chi connectivity index (χ4v) is 8.35. The fraction of sp³-hybridized carbons (Fsp3) is 0.725. The second-order valence-electron chi connectivity index (χ2n) is 15.9. The molecule has 13 nitrogen and oxygen atoms in total. The van der Waals surface area contributed by atoms with Gasteiger partial charge in [-0.25, -0.2) is 4.79 Å². The van der Waals surface area contributed by atoms with Crippen LogP contribution in [0.5, 0.6) is 0 Å². The first-order chi connectivity index (χ1) is 25.4. The average Bonchev–Trinajstić information content (AvgIpc) is 3.78. The van der Waals surface area contributed by atoms with Crippen LogP contribution in [-0.2, 0) is 39.9 Å². The van der Waals surface area contributed by atoms with Crippen molar-refractivity contribution >= 4 is 41.2 Å². The molecule has 1 saturated heterocycles. The van der Waals surface area contributed by atoms with Gasteiger partial charge >= 0.3 is 5.97 Å². The highest BCUT2D eigenvalue weighted by atomic mass is 35.5. The number of hydrogen-bond acceptors (Lipinski definition) is 8. The molecule has 3 rings (SSSR count). The van der Waals surface area contributed by atoms with Crippen LogP contribution in [-0.4, -0.2) is 121 Å². The molecule has 0 bridgehead atoms. The molecule has 1 aliphatic heterocycles. The highest BCUT2D eigenvalue weighted by molar-refractivity contribution is 6.31. The number of rotatable bonds is 21. The van der Waals surface area contributed by atoms with Crippen LogP contribution in [0.1, 0.15) is 79.7 Å². The van der Waals surface area contributed by atoms with E-state index in [1.54, 1.807) is 57.3 Å². The number of carboxylic acids is 1. The second-order valence-corrected chi connectivity index (χ2v) is 16.3. The van der Waals surface area contributed by atoms with Crippen LogP contribution < -0.4 is 16.0 Å². The molecule has 0 aromatic heterocycles. The molecule has 11 atom stereocenters. The summed E-state index contributed by atoms with van der Waals surface area (Å²) in [6.45, 7) is 13.4. The minimum Gasteiger partial charge on any atom is -0.480 e. The van der Waals surface area contributed by atoms with Crippen molar-refractivity contribution in [1.82, 2.24) is 25.8 Å². The predicted octanol–water partition coefficient (Wildman–Crippen LogP) is 3.76. The van der Waals surface area contributed by atoms with Crippen molar-refractivity contribution in [3.05, 3.63) is 34.9 Å². The highest BCUT2D eigenvalue weighted by Crippen LogP contribution is 2.50. The number of carbonyl (C=O) groups is 5. The van der Waals surface area contributed by atoms with Crippen LogP contribution in [0.4, 0.5) is 0 Å². The third kappa shape index (κ3) is 10.7. The van der Waals surface area contributed by atoms with Gasteiger partial charge in [0.05, 0.1) is 42.7 Å². The quantitative estimate of drug-likeness (QED) is 0.146. The molecule has 2 aliphatic rings. The molecule has 1 saturated carbocycles. The van der Waals surface area contributed by atoms with Crippen LogP contribution in [0.2, 0.25) is 5.02 Å². The van der Waals surface area contributed by atoms with Crippen molar-refractivity contribution in [2.75, 3.05) is 28.3 Å². The summed E-state index contributed by atoms with van der Waals surface area (Å²) < 4.78 is 11.9. The molecule has 1 aliphatic carbocycles. The Kier molecular flexibility index (Phi) is 16.8. The molecule has 1 aromatic rings. The Bertz CT molecular complexity index is 1460. The fourth-order valence-electron chi connectivity index (χ4n) is 8.14.